The molecule has 0 aliphatic carbocycles. The molecule has 1 unspecified atom stereocenters. The quantitative estimate of drug-likeness (QED) is 0.606. The van der Waals surface area contributed by atoms with Gasteiger partial charge in [0.05, 0.1) is 11.3 Å². The van der Waals surface area contributed by atoms with Crippen molar-refractivity contribution < 1.29 is 22.0 Å². The van der Waals surface area contributed by atoms with E-state index < -0.39 is 15.9 Å². The largest absolute Gasteiger partial charge is 0.407 e. The number of carbonyl (C=O) groups excluding carboxylic acids is 1. The highest BCUT2D eigenvalue weighted by Gasteiger charge is 2.28. The van der Waals surface area contributed by atoms with Gasteiger partial charge in [0.1, 0.15) is 5.82 Å². The second-order valence-corrected chi connectivity index (χ2v) is 9.83. The normalized spacial score (nSPS) is 17.2. The van der Waals surface area contributed by atoms with Gasteiger partial charge in [0.2, 0.25) is 15.9 Å². The number of carbonyl (C=O) groups is 1. The third-order valence-electron chi connectivity index (χ3n) is 5.33. The van der Waals surface area contributed by atoms with Gasteiger partial charge in [-0.3, -0.25) is 10.1 Å². The number of nitrogens with one attached hydrogen (secondary N) is 1. The van der Waals surface area contributed by atoms with E-state index in [1.54, 1.807) is 12.1 Å². The predicted molar refractivity (Wildman–Crippen MR) is 115 cm³/mol. The molecule has 3 aromatic rings. The number of hydrogen-bond donors (Lipinski definition) is 1. The van der Waals surface area contributed by atoms with E-state index in [-0.39, 0.29) is 28.2 Å². The van der Waals surface area contributed by atoms with Gasteiger partial charge < -0.3 is 4.42 Å². The first-order chi connectivity index (χ1) is 15.3. The fourth-order valence-electron chi connectivity index (χ4n) is 3.61. The summed E-state index contributed by atoms with van der Waals surface area (Å²) in [4.78, 5) is 12.6. The van der Waals surface area contributed by atoms with Crippen LogP contribution in [0.4, 0.5) is 10.4 Å². The number of nitrogens with zero attached hydrogens (tertiary/aromatic N) is 3. The standard InChI is InChI=1S/C22H23FN4O4S/c1-15-3-2-12-27(14-15)32(29,30)19-10-6-17(7-11-19)21(28)24-22-26-25-20(31-22)13-16-4-8-18(23)9-5-16/h4-11,15H,2-3,12-14H2,1H3,(H,24,26,28). The summed E-state index contributed by atoms with van der Waals surface area (Å²) in [5.41, 5.74) is 1.04. The van der Waals surface area contributed by atoms with Gasteiger partial charge in [-0.2, -0.15) is 4.31 Å². The first kappa shape index (κ1) is 22.1. The molecule has 1 saturated heterocycles. The number of rotatable bonds is 6. The minimum absolute atomic E-state index is 0.0777. The Kier molecular flexibility index (Phi) is 6.33. The average Bonchev–Trinajstić information content (AvgIpc) is 3.22. The van der Waals surface area contributed by atoms with Crippen molar-refractivity contribution in [3.63, 3.8) is 0 Å². The molecule has 8 nitrogen and oxygen atoms in total. The maximum atomic E-state index is 13.0. The molecule has 1 fully saturated rings. The number of hydrogen-bond acceptors (Lipinski definition) is 6. The SMILES string of the molecule is CC1CCCN(S(=O)(=O)c2ccc(C(=O)Nc3nnc(Cc4ccc(F)cc4)o3)cc2)C1. The summed E-state index contributed by atoms with van der Waals surface area (Å²) in [6, 6.07) is 11.6. The van der Waals surface area contributed by atoms with Crippen LogP contribution in [0.2, 0.25) is 0 Å². The van der Waals surface area contributed by atoms with E-state index in [0.717, 1.165) is 18.4 Å². The van der Waals surface area contributed by atoms with Gasteiger partial charge in [0.15, 0.2) is 0 Å². The Bertz CT molecular complexity index is 1190. The minimum atomic E-state index is -3.59. The molecule has 4 rings (SSSR count). The smallest absolute Gasteiger partial charge is 0.322 e. The van der Waals surface area contributed by atoms with Crippen molar-refractivity contribution in [2.24, 2.45) is 5.92 Å². The van der Waals surface area contributed by atoms with Crippen molar-refractivity contribution >= 4 is 21.9 Å². The van der Waals surface area contributed by atoms with Gasteiger partial charge >= 0.3 is 6.01 Å². The number of aromatic nitrogens is 2. The Morgan fingerprint density at radius 2 is 1.88 bits per heavy atom. The van der Waals surface area contributed by atoms with Crippen molar-refractivity contribution in [1.29, 1.82) is 0 Å². The van der Waals surface area contributed by atoms with Crippen molar-refractivity contribution in [3.8, 4) is 0 Å². The molecular formula is C22H23FN4O4S. The molecule has 2 heterocycles. The summed E-state index contributed by atoms with van der Waals surface area (Å²) in [5.74, 6) is -0.246. The van der Waals surface area contributed by atoms with Crippen LogP contribution in [0.3, 0.4) is 0 Å². The van der Waals surface area contributed by atoms with Crippen molar-refractivity contribution in [3.05, 3.63) is 71.4 Å². The minimum Gasteiger partial charge on any atom is -0.407 e. The number of sulfonamides is 1. The fourth-order valence-corrected chi connectivity index (χ4v) is 5.21. The van der Waals surface area contributed by atoms with Gasteiger partial charge in [-0.1, -0.05) is 24.2 Å². The lowest BCUT2D eigenvalue weighted by Crippen LogP contribution is -2.39. The van der Waals surface area contributed by atoms with Gasteiger partial charge in [-0.25, -0.2) is 12.8 Å². The number of anilines is 1. The van der Waals surface area contributed by atoms with E-state index in [1.807, 2.05) is 6.92 Å². The molecule has 0 radical (unpaired) electrons. The summed E-state index contributed by atoms with van der Waals surface area (Å²) in [7, 11) is -3.59. The van der Waals surface area contributed by atoms with E-state index in [1.165, 1.54) is 40.7 Å². The topological polar surface area (TPSA) is 105 Å². The zero-order valence-electron chi connectivity index (χ0n) is 17.5. The molecule has 1 atom stereocenters. The molecule has 1 aliphatic rings. The fraction of sp³-hybridized carbons (Fsp3) is 0.318. The first-order valence-electron chi connectivity index (χ1n) is 10.3. The third kappa shape index (κ3) is 5.03. The number of benzene rings is 2. The number of halogens is 1. The van der Waals surface area contributed by atoms with E-state index in [9.17, 15) is 17.6 Å². The zero-order chi connectivity index (χ0) is 22.7. The second-order valence-electron chi connectivity index (χ2n) is 7.89. The van der Waals surface area contributed by atoms with Crippen LogP contribution in [-0.4, -0.2) is 41.9 Å². The van der Waals surface area contributed by atoms with Crippen LogP contribution in [0, 0.1) is 11.7 Å². The van der Waals surface area contributed by atoms with Crippen LogP contribution >= 0.6 is 0 Å². The molecule has 2 aromatic carbocycles. The molecule has 32 heavy (non-hydrogen) atoms. The van der Waals surface area contributed by atoms with Crippen molar-refractivity contribution in [2.45, 2.75) is 31.1 Å². The van der Waals surface area contributed by atoms with Gasteiger partial charge in [0, 0.05) is 18.7 Å². The molecule has 1 N–H and O–H groups in total. The summed E-state index contributed by atoms with van der Waals surface area (Å²) in [6.45, 7) is 3.05. The highest BCUT2D eigenvalue weighted by molar-refractivity contribution is 7.89. The van der Waals surface area contributed by atoms with E-state index >= 15 is 0 Å². The molecule has 168 valence electrons. The Morgan fingerprint density at radius 1 is 1.16 bits per heavy atom. The molecule has 1 amide bonds. The Morgan fingerprint density at radius 3 is 2.56 bits per heavy atom. The maximum Gasteiger partial charge on any atom is 0.322 e. The van der Waals surface area contributed by atoms with Crippen LogP contribution in [0.15, 0.2) is 57.8 Å². The highest BCUT2D eigenvalue weighted by atomic mass is 32.2. The number of amides is 1. The lowest BCUT2D eigenvalue weighted by atomic mass is 10.0. The highest BCUT2D eigenvalue weighted by Crippen LogP contribution is 2.24. The summed E-state index contributed by atoms with van der Waals surface area (Å²) in [6.07, 6.45) is 2.16. The Labute approximate surface area is 185 Å². The molecule has 10 heteroatoms. The molecule has 0 spiro atoms. The van der Waals surface area contributed by atoms with Gasteiger partial charge in [-0.05, 0) is 60.7 Å². The Balaban J connectivity index is 1.40. The van der Waals surface area contributed by atoms with Crippen LogP contribution < -0.4 is 5.32 Å². The molecule has 1 aliphatic heterocycles. The second kappa shape index (κ2) is 9.17. The number of piperidine rings is 1. The average molecular weight is 459 g/mol. The summed E-state index contributed by atoms with van der Waals surface area (Å²) in [5, 5.41) is 10.2. The predicted octanol–water partition coefficient (Wildman–Crippen LogP) is 3.47. The van der Waals surface area contributed by atoms with Crippen LogP contribution in [0.1, 0.15) is 41.6 Å². The van der Waals surface area contributed by atoms with Crippen LogP contribution in [-0.2, 0) is 16.4 Å². The lowest BCUT2D eigenvalue weighted by molar-refractivity contribution is 0.102. The molecule has 1 aromatic heterocycles. The van der Waals surface area contributed by atoms with E-state index in [4.69, 9.17) is 4.42 Å². The third-order valence-corrected chi connectivity index (χ3v) is 7.21. The van der Waals surface area contributed by atoms with Crippen LogP contribution in [0.5, 0.6) is 0 Å². The van der Waals surface area contributed by atoms with Crippen LogP contribution in [0.25, 0.3) is 0 Å². The van der Waals surface area contributed by atoms with Crippen molar-refractivity contribution in [2.75, 3.05) is 18.4 Å². The molecule has 0 bridgehead atoms. The lowest BCUT2D eigenvalue weighted by Gasteiger charge is -2.30. The van der Waals surface area contributed by atoms with Crippen molar-refractivity contribution in [1.82, 2.24) is 14.5 Å². The van der Waals surface area contributed by atoms with E-state index in [0.29, 0.717) is 25.4 Å². The van der Waals surface area contributed by atoms with Gasteiger partial charge in [-0.15, -0.1) is 5.10 Å². The first-order valence-corrected chi connectivity index (χ1v) is 11.7. The molecular weight excluding hydrogens is 435 g/mol. The molecule has 0 saturated carbocycles. The monoisotopic (exact) mass is 458 g/mol. The Hall–Kier alpha value is -3.11. The maximum absolute atomic E-state index is 13.0. The van der Waals surface area contributed by atoms with Gasteiger partial charge in [0.25, 0.3) is 5.91 Å². The summed E-state index contributed by atoms with van der Waals surface area (Å²) >= 11 is 0. The summed E-state index contributed by atoms with van der Waals surface area (Å²) < 4.78 is 45.6. The zero-order valence-corrected chi connectivity index (χ0v) is 18.3. The van der Waals surface area contributed by atoms with E-state index in [2.05, 4.69) is 15.5 Å².